The van der Waals surface area contributed by atoms with Gasteiger partial charge in [0.2, 0.25) is 5.91 Å². The summed E-state index contributed by atoms with van der Waals surface area (Å²) in [6.07, 6.45) is 1.67. The van der Waals surface area contributed by atoms with E-state index < -0.39 is 0 Å². The van der Waals surface area contributed by atoms with E-state index >= 15 is 0 Å². The quantitative estimate of drug-likeness (QED) is 0.861. The molecule has 0 spiro atoms. The summed E-state index contributed by atoms with van der Waals surface area (Å²) in [6.45, 7) is 3.23. The van der Waals surface area contributed by atoms with E-state index in [1.807, 2.05) is 0 Å². The third-order valence-corrected chi connectivity index (χ3v) is 3.45. The Morgan fingerprint density at radius 3 is 2.83 bits per heavy atom. The summed E-state index contributed by atoms with van der Waals surface area (Å²) in [5.74, 6) is 0.331. The Balaban J connectivity index is 2.03. The van der Waals surface area contributed by atoms with Crippen LogP contribution in [0.2, 0.25) is 0 Å². The van der Waals surface area contributed by atoms with Crippen molar-refractivity contribution in [3.8, 4) is 0 Å². The molecular formula is C12H12N2O3S. The van der Waals surface area contributed by atoms with Gasteiger partial charge in [0, 0.05) is 6.92 Å². The molecular weight excluding hydrogens is 252 g/mol. The minimum atomic E-state index is -0.214. The Kier molecular flexibility index (Phi) is 3.57. The predicted molar refractivity (Wildman–Crippen MR) is 67.9 cm³/mol. The van der Waals surface area contributed by atoms with Gasteiger partial charge in [-0.05, 0) is 19.1 Å². The fraction of sp³-hybridized carbons (Fsp3) is 0.250. The van der Waals surface area contributed by atoms with Crippen LogP contribution in [0.1, 0.15) is 28.0 Å². The molecule has 0 radical (unpaired) electrons. The van der Waals surface area contributed by atoms with Crippen molar-refractivity contribution in [3.63, 3.8) is 0 Å². The van der Waals surface area contributed by atoms with Gasteiger partial charge in [0.15, 0.2) is 10.9 Å². The maximum absolute atomic E-state index is 11.7. The second kappa shape index (κ2) is 5.14. The van der Waals surface area contributed by atoms with Gasteiger partial charge in [0.25, 0.3) is 0 Å². The molecule has 1 amide bonds. The summed E-state index contributed by atoms with van der Waals surface area (Å²) in [6, 6.07) is 3.46. The van der Waals surface area contributed by atoms with Crippen molar-refractivity contribution in [3.05, 3.63) is 34.7 Å². The van der Waals surface area contributed by atoms with Crippen LogP contribution in [0.5, 0.6) is 0 Å². The molecule has 2 aromatic heterocycles. The molecule has 18 heavy (non-hydrogen) atoms. The van der Waals surface area contributed by atoms with E-state index in [4.69, 9.17) is 4.42 Å². The summed E-state index contributed by atoms with van der Waals surface area (Å²) >= 11 is 1.19. The van der Waals surface area contributed by atoms with Gasteiger partial charge in [-0.3, -0.25) is 9.59 Å². The van der Waals surface area contributed by atoms with Crippen LogP contribution in [0.25, 0.3) is 0 Å². The van der Waals surface area contributed by atoms with Crippen LogP contribution in [0, 0.1) is 6.92 Å². The number of Topliss-reactive ketones (excluding diaryl/α,β-unsaturated/α-hetero) is 1. The van der Waals surface area contributed by atoms with Crippen molar-refractivity contribution in [2.45, 2.75) is 20.3 Å². The lowest BCUT2D eigenvalue weighted by atomic mass is 10.3. The van der Waals surface area contributed by atoms with E-state index in [9.17, 15) is 9.59 Å². The highest BCUT2D eigenvalue weighted by Crippen LogP contribution is 2.23. The highest BCUT2D eigenvalue weighted by Gasteiger charge is 2.14. The number of rotatable bonds is 4. The first-order chi connectivity index (χ1) is 8.56. The predicted octanol–water partition coefficient (Wildman–Crippen LogP) is 2.43. The summed E-state index contributed by atoms with van der Waals surface area (Å²) < 4.78 is 5.08. The van der Waals surface area contributed by atoms with Crippen molar-refractivity contribution in [2.75, 3.05) is 5.32 Å². The van der Waals surface area contributed by atoms with E-state index in [0.29, 0.717) is 21.5 Å². The number of aromatic nitrogens is 1. The number of ketones is 1. The maximum Gasteiger partial charge on any atom is 0.233 e. The number of anilines is 1. The molecule has 0 bridgehead atoms. The third-order valence-electron chi connectivity index (χ3n) is 2.28. The molecule has 0 saturated carbocycles. The summed E-state index contributed by atoms with van der Waals surface area (Å²) in [4.78, 5) is 27.7. The molecule has 2 rings (SSSR count). The molecule has 1 N–H and O–H groups in total. The zero-order chi connectivity index (χ0) is 13.1. The maximum atomic E-state index is 11.7. The van der Waals surface area contributed by atoms with E-state index in [2.05, 4.69) is 10.3 Å². The summed E-state index contributed by atoms with van der Waals surface area (Å²) in [7, 11) is 0. The molecule has 94 valence electrons. The number of aryl methyl sites for hydroxylation is 1. The monoisotopic (exact) mass is 264 g/mol. The molecule has 0 fully saturated rings. The van der Waals surface area contributed by atoms with Crippen LogP contribution in [-0.4, -0.2) is 16.7 Å². The van der Waals surface area contributed by atoms with Crippen LogP contribution < -0.4 is 5.32 Å². The fourth-order valence-electron chi connectivity index (χ4n) is 1.51. The average Bonchev–Trinajstić information content (AvgIpc) is 2.88. The number of amides is 1. The van der Waals surface area contributed by atoms with Crippen molar-refractivity contribution < 1.29 is 14.0 Å². The molecule has 0 aliphatic rings. The minimum absolute atomic E-state index is 0.0449. The van der Waals surface area contributed by atoms with Crippen molar-refractivity contribution in [2.24, 2.45) is 0 Å². The first-order valence-corrected chi connectivity index (χ1v) is 6.18. The molecule has 0 aliphatic heterocycles. The lowest BCUT2D eigenvalue weighted by Crippen LogP contribution is -2.13. The number of nitrogens with zero attached hydrogens (tertiary/aromatic N) is 1. The zero-order valence-electron chi connectivity index (χ0n) is 10.0. The van der Waals surface area contributed by atoms with E-state index in [1.165, 1.54) is 24.5 Å². The van der Waals surface area contributed by atoms with Gasteiger partial charge in [0.1, 0.15) is 5.76 Å². The standard InChI is InChI=1S/C12H12N2O3S/c1-7-11(8(2)15)18-12(13-7)14-10(16)6-9-4-3-5-17-9/h3-5H,6H2,1-2H3,(H,13,14,16). The van der Waals surface area contributed by atoms with Gasteiger partial charge >= 0.3 is 0 Å². The molecule has 0 aliphatic carbocycles. The molecule has 5 nitrogen and oxygen atoms in total. The second-order valence-corrected chi connectivity index (χ2v) is 4.79. The number of thiazole rings is 1. The Morgan fingerprint density at radius 1 is 1.50 bits per heavy atom. The Morgan fingerprint density at radius 2 is 2.28 bits per heavy atom. The second-order valence-electron chi connectivity index (χ2n) is 3.79. The van der Waals surface area contributed by atoms with Crippen LogP contribution >= 0.6 is 11.3 Å². The Labute approximate surface area is 108 Å². The van der Waals surface area contributed by atoms with E-state index in [1.54, 1.807) is 19.1 Å². The SMILES string of the molecule is CC(=O)c1sc(NC(=O)Cc2ccco2)nc1C. The highest BCUT2D eigenvalue weighted by molar-refractivity contribution is 7.17. The van der Waals surface area contributed by atoms with Crippen LogP contribution in [-0.2, 0) is 11.2 Å². The van der Waals surface area contributed by atoms with Crippen LogP contribution in [0.15, 0.2) is 22.8 Å². The van der Waals surface area contributed by atoms with E-state index in [0.717, 1.165) is 0 Å². The van der Waals surface area contributed by atoms with Gasteiger partial charge in [-0.25, -0.2) is 4.98 Å². The summed E-state index contributed by atoms with van der Waals surface area (Å²) in [5.41, 5.74) is 0.640. The Hall–Kier alpha value is -1.95. The van der Waals surface area contributed by atoms with Crippen LogP contribution in [0.4, 0.5) is 5.13 Å². The lowest BCUT2D eigenvalue weighted by molar-refractivity contribution is -0.115. The van der Waals surface area contributed by atoms with Crippen LogP contribution in [0.3, 0.4) is 0 Å². The number of hydrogen-bond donors (Lipinski definition) is 1. The Bertz CT molecular complexity index is 572. The molecule has 2 aromatic rings. The molecule has 0 unspecified atom stereocenters. The molecule has 0 atom stereocenters. The minimum Gasteiger partial charge on any atom is -0.469 e. The average molecular weight is 264 g/mol. The topological polar surface area (TPSA) is 72.2 Å². The molecule has 0 saturated heterocycles. The first kappa shape index (κ1) is 12.5. The van der Waals surface area contributed by atoms with Gasteiger partial charge in [-0.1, -0.05) is 11.3 Å². The number of carbonyl (C=O) groups excluding carboxylic acids is 2. The number of carbonyl (C=O) groups is 2. The van der Waals surface area contributed by atoms with Gasteiger partial charge in [-0.2, -0.15) is 0 Å². The normalized spacial score (nSPS) is 10.3. The largest absolute Gasteiger partial charge is 0.469 e. The van der Waals surface area contributed by atoms with E-state index in [-0.39, 0.29) is 18.1 Å². The van der Waals surface area contributed by atoms with Crippen molar-refractivity contribution >= 4 is 28.2 Å². The van der Waals surface area contributed by atoms with Gasteiger partial charge < -0.3 is 9.73 Å². The molecule has 2 heterocycles. The first-order valence-electron chi connectivity index (χ1n) is 5.37. The zero-order valence-corrected chi connectivity index (χ0v) is 10.8. The fourth-order valence-corrected chi connectivity index (χ4v) is 2.39. The van der Waals surface area contributed by atoms with Gasteiger partial charge in [0.05, 0.1) is 23.3 Å². The molecule has 0 aromatic carbocycles. The highest BCUT2D eigenvalue weighted by atomic mass is 32.1. The number of nitrogens with one attached hydrogen (secondary N) is 1. The van der Waals surface area contributed by atoms with Gasteiger partial charge in [-0.15, -0.1) is 0 Å². The number of hydrogen-bond acceptors (Lipinski definition) is 5. The smallest absolute Gasteiger partial charge is 0.233 e. The number of furan rings is 1. The summed E-state index contributed by atoms with van der Waals surface area (Å²) in [5, 5.41) is 3.09. The lowest BCUT2D eigenvalue weighted by Gasteiger charge is -1.98. The molecule has 6 heteroatoms. The van der Waals surface area contributed by atoms with Crippen molar-refractivity contribution in [1.29, 1.82) is 0 Å². The third kappa shape index (κ3) is 2.84. The van der Waals surface area contributed by atoms with Crippen molar-refractivity contribution in [1.82, 2.24) is 4.98 Å².